The molecule has 4 N–H and O–H groups in total. The Bertz CT molecular complexity index is 460. The van der Waals surface area contributed by atoms with Gasteiger partial charge in [0.2, 0.25) is 0 Å². The molecule has 1 aromatic carbocycles. The molecule has 0 aliphatic rings. The molecule has 0 radical (unpaired) electrons. The van der Waals surface area contributed by atoms with Crippen LogP contribution in [0.15, 0.2) is 24.3 Å². The molecule has 1 unspecified atom stereocenters. The molecule has 1 atom stereocenters. The summed E-state index contributed by atoms with van der Waals surface area (Å²) in [6, 6.07) is 7.75. The lowest BCUT2D eigenvalue weighted by atomic mass is 9.75. The SMILES string of the molecule is CCOC(=O)C(CN)(CCc1ccccc1N)CC(C)C. The molecule has 0 spiro atoms. The van der Waals surface area contributed by atoms with Gasteiger partial charge in [0.05, 0.1) is 12.0 Å². The third-order valence-corrected chi connectivity index (χ3v) is 3.83. The Morgan fingerprint density at radius 1 is 1.33 bits per heavy atom. The molecule has 0 heterocycles. The molecular weight excluding hydrogens is 264 g/mol. The van der Waals surface area contributed by atoms with Gasteiger partial charge in [-0.05, 0) is 43.7 Å². The number of nitrogen functional groups attached to an aromatic ring is 1. The number of carbonyl (C=O) groups is 1. The second kappa shape index (κ2) is 8.03. The fraction of sp³-hybridized carbons (Fsp3) is 0.588. The Kier molecular flexibility index (Phi) is 6.69. The lowest BCUT2D eigenvalue weighted by Gasteiger charge is -2.32. The van der Waals surface area contributed by atoms with E-state index in [1.54, 1.807) is 0 Å². The Hall–Kier alpha value is -1.55. The smallest absolute Gasteiger partial charge is 0.313 e. The van der Waals surface area contributed by atoms with E-state index >= 15 is 0 Å². The zero-order valence-corrected chi connectivity index (χ0v) is 13.4. The number of anilines is 1. The number of ether oxygens (including phenoxy) is 1. The lowest BCUT2D eigenvalue weighted by Crippen LogP contribution is -2.41. The highest BCUT2D eigenvalue weighted by Gasteiger charge is 2.38. The first-order chi connectivity index (χ1) is 9.95. The van der Waals surface area contributed by atoms with Crippen LogP contribution in [0.1, 0.15) is 39.2 Å². The van der Waals surface area contributed by atoms with Crippen molar-refractivity contribution in [3.63, 3.8) is 0 Å². The standard InChI is InChI=1S/C17H28N2O2/c1-4-21-16(20)17(12-18,11-13(2)3)10-9-14-7-5-6-8-15(14)19/h5-8,13H,4,9-12,18-19H2,1-3H3. The topological polar surface area (TPSA) is 78.3 Å². The van der Waals surface area contributed by atoms with Gasteiger partial charge >= 0.3 is 5.97 Å². The number of para-hydroxylation sites is 1. The van der Waals surface area contributed by atoms with Gasteiger partial charge in [-0.1, -0.05) is 32.0 Å². The van der Waals surface area contributed by atoms with Gasteiger partial charge in [0.25, 0.3) is 0 Å². The highest BCUT2D eigenvalue weighted by Crippen LogP contribution is 2.33. The van der Waals surface area contributed by atoms with Crippen molar-refractivity contribution < 1.29 is 9.53 Å². The normalized spacial score (nSPS) is 14.0. The van der Waals surface area contributed by atoms with Crippen LogP contribution in [-0.4, -0.2) is 19.1 Å². The molecule has 1 aromatic rings. The van der Waals surface area contributed by atoms with Crippen LogP contribution in [0.2, 0.25) is 0 Å². The summed E-state index contributed by atoms with van der Waals surface area (Å²) in [5.74, 6) is 0.196. The van der Waals surface area contributed by atoms with Crippen LogP contribution in [0.3, 0.4) is 0 Å². The number of rotatable bonds is 8. The van der Waals surface area contributed by atoms with E-state index in [-0.39, 0.29) is 5.97 Å². The largest absolute Gasteiger partial charge is 0.466 e. The summed E-state index contributed by atoms with van der Waals surface area (Å²) in [4.78, 5) is 12.4. The van der Waals surface area contributed by atoms with Crippen molar-refractivity contribution in [1.82, 2.24) is 0 Å². The van der Waals surface area contributed by atoms with Gasteiger partial charge < -0.3 is 16.2 Å². The van der Waals surface area contributed by atoms with E-state index in [0.717, 1.165) is 24.1 Å². The van der Waals surface area contributed by atoms with Crippen LogP contribution in [0, 0.1) is 11.3 Å². The van der Waals surface area contributed by atoms with E-state index < -0.39 is 5.41 Å². The summed E-state index contributed by atoms with van der Waals surface area (Å²) in [5.41, 5.74) is 13.1. The van der Waals surface area contributed by atoms with Crippen LogP contribution in [0.5, 0.6) is 0 Å². The average Bonchev–Trinajstić information content (AvgIpc) is 2.44. The molecule has 0 bridgehead atoms. The summed E-state index contributed by atoms with van der Waals surface area (Å²) < 4.78 is 5.27. The number of hydrogen-bond donors (Lipinski definition) is 2. The Balaban J connectivity index is 2.90. The zero-order chi connectivity index (χ0) is 15.9. The van der Waals surface area contributed by atoms with Crippen LogP contribution in [-0.2, 0) is 16.0 Å². The molecule has 0 aliphatic heterocycles. The number of hydrogen-bond acceptors (Lipinski definition) is 4. The molecule has 0 fully saturated rings. The summed E-state index contributed by atoms with van der Waals surface area (Å²) >= 11 is 0. The van der Waals surface area contributed by atoms with Gasteiger partial charge in [0.1, 0.15) is 0 Å². The van der Waals surface area contributed by atoms with Gasteiger partial charge in [-0.25, -0.2) is 0 Å². The van der Waals surface area contributed by atoms with Crippen molar-refractivity contribution in [3.8, 4) is 0 Å². The summed E-state index contributed by atoms with van der Waals surface area (Å²) in [6.07, 6.45) is 2.12. The molecule has 0 saturated heterocycles. The van der Waals surface area contributed by atoms with Gasteiger partial charge in [0, 0.05) is 12.2 Å². The maximum atomic E-state index is 12.4. The van der Waals surface area contributed by atoms with E-state index in [1.807, 2.05) is 31.2 Å². The van der Waals surface area contributed by atoms with Gasteiger partial charge in [0.15, 0.2) is 0 Å². The van der Waals surface area contributed by atoms with E-state index in [4.69, 9.17) is 16.2 Å². The Morgan fingerprint density at radius 3 is 2.52 bits per heavy atom. The molecule has 0 saturated carbocycles. The number of benzene rings is 1. The number of esters is 1. The van der Waals surface area contributed by atoms with Gasteiger partial charge in [-0.3, -0.25) is 4.79 Å². The van der Waals surface area contributed by atoms with Crippen LogP contribution in [0.25, 0.3) is 0 Å². The van der Waals surface area contributed by atoms with Gasteiger partial charge in [-0.15, -0.1) is 0 Å². The molecule has 118 valence electrons. The molecule has 21 heavy (non-hydrogen) atoms. The van der Waals surface area contributed by atoms with E-state index in [1.165, 1.54) is 0 Å². The predicted molar refractivity (Wildman–Crippen MR) is 86.8 cm³/mol. The predicted octanol–water partition coefficient (Wildman–Crippen LogP) is 2.76. The molecule has 4 nitrogen and oxygen atoms in total. The molecule has 0 amide bonds. The molecule has 4 heteroatoms. The minimum atomic E-state index is -0.619. The van der Waals surface area contributed by atoms with Crippen molar-refractivity contribution in [2.75, 3.05) is 18.9 Å². The van der Waals surface area contributed by atoms with Crippen molar-refractivity contribution in [3.05, 3.63) is 29.8 Å². The first kappa shape index (κ1) is 17.5. The van der Waals surface area contributed by atoms with Crippen molar-refractivity contribution in [2.45, 2.75) is 40.0 Å². The highest BCUT2D eigenvalue weighted by molar-refractivity contribution is 5.77. The second-order valence-corrected chi connectivity index (χ2v) is 6.00. The molecule has 0 aromatic heterocycles. The first-order valence-electron chi connectivity index (χ1n) is 7.66. The number of nitrogens with two attached hydrogens (primary N) is 2. The summed E-state index contributed by atoms with van der Waals surface area (Å²) in [6.45, 7) is 6.70. The Morgan fingerprint density at radius 2 is 2.00 bits per heavy atom. The molecule has 0 aliphatic carbocycles. The van der Waals surface area contributed by atoms with Crippen LogP contribution in [0.4, 0.5) is 5.69 Å². The first-order valence-corrected chi connectivity index (χ1v) is 7.66. The van der Waals surface area contributed by atoms with Crippen molar-refractivity contribution >= 4 is 11.7 Å². The third-order valence-electron chi connectivity index (χ3n) is 3.83. The van der Waals surface area contributed by atoms with E-state index in [0.29, 0.717) is 25.5 Å². The molecule has 1 rings (SSSR count). The fourth-order valence-electron chi connectivity index (χ4n) is 2.76. The monoisotopic (exact) mass is 292 g/mol. The summed E-state index contributed by atoms with van der Waals surface area (Å²) in [5, 5.41) is 0. The van der Waals surface area contributed by atoms with E-state index in [2.05, 4.69) is 13.8 Å². The lowest BCUT2D eigenvalue weighted by molar-refractivity contribution is -0.156. The Labute approximate surface area is 127 Å². The van der Waals surface area contributed by atoms with Crippen LogP contribution < -0.4 is 11.5 Å². The minimum Gasteiger partial charge on any atom is -0.466 e. The average molecular weight is 292 g/mol. The summed E-state index contributed by atoms with van der Waals surface area (Å²) in [7, 11) is 0. The van der Waals surface area contributed by atoms with Gasteiger partial charge in [-0.2, -0.15) is 0 Å². The minimum absolute atomic E-state index is 0.185. The zero-order valence-electron chi connectivity index (χ0n) is 13.4. The maximum absolute atomic E-state index is 12.4. The van der Waals surface area contributed by atoms with E-state index in [9.17, 15) is 4.79 Å². The molecular formula is C17H28N2O2. The number of carbonyl (C=O) groups excluding carboxylic acids is 1. The fourth-order valence-corrected chi connectivity index (χ4v) is 2.76. The highest BCUT2D eigenvalue weighted by atomic mass is 16.5. The third kappa shape index (κ3) is 4.74. The maximum Gasteiger partial charge on any atom is 0.313 e. The van der Waals surface area contributed by atoms with Crippen molar-refractivity contribution in [1.29, 1.82) is 0 Å². The quantitative estimate of drug-likeness (QED) is 0.570. The number of aryl methyl sites for hydroxylation is 1. The van der Waals surface area contributed by atoms with Crippen molar-refractivity contribution in [2.24, 2.45) is 17.1 Å². The second-order valence-electron chi connectivity index (χ2n) is 6.00. The van der Waals surface area contributed by atoms with Crippen LogP contribution >= 0.6 is 0 Å².